The molecule has 3 aliphatic rings. The van der Waals surface area contributed by atoms with Crippen molar-refractivity contribution in [1.29, 1.82) is 0 Å². The number of nitrogens with zero attached hydrogens (tertiary/aromatic N) is 1. The Morgan fingerprint density at radius 2 is 1.79 bits per heavy atom. The standard InChI is InChI=1S/C24H28N2O3/c27-23(28)14-26(13-15-8-9-15)18-10-17(11-18)25-24(29)22-12-21(22)20-7-3-5-16-4-1-2-6-19(16)20/h1-7,15,17-18,21-22H,8-14H2,(H,25,29)(H,27,28). The van der Waals surface area contributed by atoms with Crippen molar-refractivity contribution in [3.05, 3.63) is 48.0 Å². The summed E-state index contributed by atoms with van der Waals surface area (Å²) < 4.78 is 0. The van der Waals surface area contributed by atoms with Crippen molar-refractivity contribution in [2.24, 2.45) is 11.8 Å². The molecule has 0 radical (unpaired) electrons. The van der Waals surface area contributed by atoms with Crippen LogP contribution in [0.25, 0.3) is 10.8 Å². The van der Waals surface area contributed by atoms with Crippen LogP contribution in [0.3, 0.4) is 0 Å². The Labute approximate surface area is 171 Å². The van der Waals surface area contributed by atoms with E-state index in [4.69, 9.17) is 0 Å². The second kappa shape index (κ2) is 7.45. The number of hydrogen-bond donors (Lipinski definition) is 2. The first-order valence-corrected chi connectivity index (χ1v) is 10.8. The summed E-state index contributed by atoms with van der Waals surface area (Å²) in [4.78, 5) is 26.0. The molecule has 152 valence electrons. The first kappa shape index (κ1) is 18.6. The van der Waals surface area contributed by atoms with Gasteiger partial charge in [0.1, 0.15) is 0 Å². The highest BCUT2D eigenvalue weighted by molar-refractivity contribution is 5.89. The summed E-state index contributed by atoms with van der Waals surface area (Å²) in [6.07, 6.45) is 5.11. The number of amides is 1. The van der Waals surface area contributed by atoms with Crippen LogP contribution in [-0.4, -0.2) is 47.1 Å². The molecule has 2 aromatic carbocycles. The van der Waals surface area contributed by atoms with E-state index in [1.54, 1.807) is 0 Å². The average Bonchev–Trinajstić information content (AvgIpc) is 3.57. The van der Waals surface area contributed by atoms with E-state index in [-0.39, 0.29) is 24.4 Å². The minimum absolute atomic E-state index is 0.0708. The molecular weight excluding hydrogens is 364 g/mol. The molecule has 0 aliphatic heterocycles. The minimum atomic E-state index is -0.756. The zero-order chi connectivity index (χ0) is 20.0. The van der Waals surface area contributed by atoms with Crippen molar-refractivity contribution < 1.29 is 14.7 Å². The number of carboxylic acids is 1. The van der Waals surface area contributed by atoms with Gasteiger partial charge in [-0.15, -0.1) is 0 Å². The molecule has 1 amide bonds. The number of hydrogen-bond acceptors (Lipinski definition) is 3. The monoisotopic (exact) mass is 392 g/mol. The first-order valence-electron chi connectivity index (χ1n) is 10.8. The van der Waals surface area contributed by atoms with E-state index in [9.17, 15) is 14.7 Å². The van der Waals surface area contributed by atoms with Gasteiger partial charge in [-0.25, -0.2) is 0 Å². The summed E-state index contributed by atoms with van der Waals surface area (Å²) in [6, 6.07) is 15.2. The number of carboxylic acid groups (broad SMARTS) is 1. The maximum atomic E-state index is 12.8. The zero-order valence-electron chi connectivity index (χ0n) is 16.6. The van der Waals surface area contributed by atoms with Gasteiger partial charge in [-0.2, -0.15) is 0 Å². The smallest absolute Gasteiger partial charge is 0.317 e. The highest BCUT2D eigenvalue weighted by Crippen LogP contribution is 2.49. The Morgan fingerprint density at radius 3 is 2.55 bits per heavy atom. The molecule has 0 heterocycles. The third kappa shape index (κ3) is 4.01. The summed E-state index contributed by atoms with van der Waals surface area (Å²) in [6.45, 7) is 1.01. The summed E-state index contributed by atoms with van der Waals surface area (Å²) in [5.41, 5.74) is 1.28. The quantitative estimate of drug-likeness (QED) is 0.723. The molecule has 29 heavy (non-hydrogen) atoms. The molecule has 5 heteroatoms. The van der Waals surface area contributed by atoms with Gasteiger partial charge in [-0.1, -0.05) is 42.5 Å². The van der Waals surface area contributed by atoms with E-state index in [0.29, 0.717) is 17.9 Å². The molecule has 2 unspecified atom stereocenters. The van der Waals surface area contributed by atoms with E-state index in [2.05, 4.69) is 46.6 Å². The van der Waals surface area contributed by atoms with Crippen molar-refractivity contribution in [2.75, 3.05) is 13.1 Å². The SMILES string of the molecule is O=C(O)CN(CC1CC1)C1CC(NC(=O)C2CC2c2cccc3ccccc23)C1. The molecule has 0 spiro atoms. The molecule has 2 aromatic rings. The second-order valence-electron chi connectivity index (χ2n) is 9.11. The zero-order valence-corrected chi connectivity index (χ0v) is 16.6. The summed E-state index contributed by atoms with van der Waals surface area (Å²) >= 11 is 0. The van der Waals surface area contributed by atoms with E-state index >= 15 is 0 Å². The van der Waals surface area contributed by atoms with Crippen LogP contribution in [0, 0.1) is 11.8 Å². The Bertz CT molecular complexity index is 927. The Kier molecular flexibility index (Phi) is 4.78. The van der Waals surface area contributed by atoms with Gasteiger partial charge < -0.3 is 10.4 Å². The van der Waals surface area contributed by atoms with Crippen molar-refractivity contribution >= 4 is 22.6 Å². The Hall–Kier alpha value is -2.40. The molecule has 2 N–H and O–H groups in total. The van der Waals surface area contributed by atoms with Gasteiger partial charge in [0.05, 0.1) is 6.54 Å². The number of fused-ring (bicyclic) bond motifs is 1. The van der Waals surface area contributed by atoms with Crippen molar-refractivity contribution in [2.45, 2.75) is 50.1 Å². The van der Waals surface area contributed by atoms with Gasteiger partial charge in [0, 0.05) is 24.5 Å². The molecule has 3 saturated carbocycles. The first-order chi connectivity index (χ1) is 14.1. The lowest BCUT2D eigenvalue weighted by Crippen LogP contribution is -2.55. The lowest BCUT2D eigenvalue weighted by atomic mass is 9.85. The van der Waals surface area contributed by atoms with Crippen molar-refractivity contribution in [3.63, 3.8) is 0 Å². The lowest BCUT2D eigenvalue weighted by Gasteiger charge is -2.42. The van der Waals surface area contributed by atoms with Crippen LogP contribution in [0.15, 0.2) is 42.5 Å². The predicted molar refractivity (Wildman–Crippen MR) is 112 cm³/mol. The van der Waals surface area contributed by atoms with Crippen LogP contribution in [0.4, 0.5) is 0 Å². The summed E-state index contributed by atoms with van der Waals surface area (Å²) in [7, 11) is 0. The fourth-order valence-electron chi connectivity index (χ4n) is 4.86. The van der Waals surface area contributed by atoms with E-state index < -0.39 is 5.97 Å². The van der Waals surface area contributed by atoms with Gasteiger partial charge in [-0.05, 0) is 60.3 Å². The van der Waals surface area contributed by atoms with E-state index in [0.717, 1.165) is 25.8 Å². The molecule has 0 bridgehead atoms. The molecule has 5 rings (SSSR count). The van der Waals surface area contributed by atoms with Crippen LogP contribution in [0.1, 0.15) is 43.6 Å². The van der Waals surface area contributed by atoms with E-state index in [1.807, 2.05) is 6.07 Å². The molecule has 2 atom stereocenters. The number of nitrogens with one attached hydrogen (secondary N) is 1. The molecule has 5 nitrogen and oxygen atoms in total. The van der Waals surface area contributed by atoms with Gasteiger partial charge in [0.25, 0.3) is 0 Å². The third-order valence-electron chi connectivity index (χ3n) is 6.85. The fraction of sp³-hybridized carbons (Fsp3) is 0.500. The van der Waals surface area contributed by atoms with Gasteiger partial charge in [0.2, 0.25) is 5.91 Å². The summed E-state index contributed by atoms with van der Waals surface area (Å²) in [5, 5.41) is 14.9. The largest absolute Gasteiger partial charge is 0.480 e. The van der Waals surface area contributed by atoms with Gasteiger partial charge in [0.15, 0.2) is 0 Å². The normalized spacial score (nSPS) is 28.2. The number of carbonyl (C=O) groups is 2. The Balaban J connectivity index is 1.15. The Morgan fingerprint density at radius 1 is 1.03 bits per heavy atom. The molecule has 0 aromatic heterocycles. The topological polar surface area (TPSA) is 69.6 Å². The van der Waals surface area contributed by atoms with Crippen LogP contribution >= 0.6 is 0 Å². The highest BCUT2D eigenvalue weighted by Gasteiger charge is 2.46. The minimum Gasteiger partial charge on any atom is -0.480 e. The molecular formula is C24H28N2O3. The molecule has 0 saturated heterocycles. The maximum absolute atomic E-state index is 12.8. The lowest BCUT2D eigenvalue weighted by molar-refractivity contribution is -0.140. The number of carbonyl (C=O) groups excluding carboxylic acids is 1. The molecule has 3 fully saturated rings. The van der Waals surface area contributed by atoms with Gasteiger partial charge >= 0.3 is 5.97 Å². The second-order valence-corrected chi connectivity index (χ2v) is 9.11. The van der Waals surface area contributed by atoms with Gasteiger partial charge in [-0.3, -0.25) is 14.5 Å². The maximum Gasteiger partial charge on any atom is 0.317 e. The average molecular weight is 392 g/mol. The van der Waals surface area contributed by atoms with Crippen molar-refractivity contribution in [1.82, 2.24) is 10.2 Å². The van der Waals surface area contributed by atoms with Crippen LogP contribution in [0.5, 0.6) is 0 Å². The van der Waals surface area contributed by atoms with Crippen LogP contribution in [-0.2, 0) is 9.59 Å². The van der Waals surface area contributed by atoms with Crippen molar-refractivity contribution in [3.8, 4) is 0 Å². The number of benzene rings is 2. The third-order valence-corrected chi connectivity index (χ3v) is 6.85. The van der Waals surface area contributed by atoms with Crippen LogP contribution < -0.4 is 5.32 Å². The van der Waals surface area contributed by atoms with Crippen LogP contribution in [0.2, 0.25) is 0 Å². The predicted octanol–water partition coefficient (Wildman–Crippen LogP) is 3.39. The fourth-order valence-corrected chi connectivity index (χ4v) is 4.86. The number of aliphatic carboxylic acids is 1. The van der Waals surface area contributed by atoms with E-state index in [1.165, 1.54) is 29.2 Å². The highest BCUT2D eigenvalue weighted by atomic mass is 16.4. The number of rotatable bonds is 8. The summed E-state index contributed by atoms with van der Waals surface area (Å²) in [5.74, 6) is 0.472. The molecule has 3 aliphatic carbocycles.